The summed E-state index contributed by atoms with van der Waals surface area (Å²) in [5.74, 6) is -0.161. The summed E-state index contributed by atoms with van der Waals surface area (Å²) in [4.78, 5) is 0. The highest BCUT2D eigenvalue weighted by Crippen LogP contribution is 2.32. The first kappa shape index (κ1) is 13.4. The Bertz CT molecular complexity index is 398. The summed E-state index contributed by atoms with van der Waals surface area (Å²) in [6, 6.07) is 5.17. The molecular weight excluding hydrogens is 243 g/mol. The molecular formula is C13H16F3NO. The summed E-state index contributed by atoms with van der Waals surface area (Å²) in [6.45, 7) is 0.205. The van der Waals surface area contributed by atoms with Crippen LogP contribution < -0.4 is 5.32 Å². The number of hydrogen-bond acceptors (Lipinski definition) is 2. The molecule has 2 rings (SSSR count). The summed E-state index contributed by atoms with van der Waals surface area (Å²) in [6.07, 6.45) is -0.867. The Morgan fingerprint density at radius 2 is 2.22 bits per heavy atom. The van der Waals surface area contributed by atoms with E-state index in [1.807, 2.05) is 6.07 Å². The Morgan fingerprint density at radius 3 is 3.00 bits per heavy atom. The van der Waals surface area contributed by atoms with E-state index in [0.717, 1.165) is 24.0 Å². The van der Waals surface area contributed by atoms with E-state index in [2.05, 4.69) is 5.32 Å². The van der Waals surface area contributed by atoms with Gasteiger partial charge in [-0.05, 0) is 30.0 Å². The summed E-state index contributed by atoms with van der Waals surface area (Å²) < 4.78 is 41.9. The van der Waals surface area contributed by atoms with Crippen LogP contribution in [0.3, 0.4) is 0 Å². The molecule has 0 fully saturated rings. The fraction of sp³-hybridized carbons (Fsp3) is 0.538. The zero-order valence-electron chi connectivity index (χ0n) is 9.96. The molecule has 5 heteroatoms. The molecule has 1 N–H and O–H groups in total. The van der Waals surface area contributed by atoms with Crippen molar-refractivity contribution < 1.29 is 17.9 Å². The smallest absolute Gasteiger partial charge is 0.261 e. The normalized spacial score (nSPS) is 18.3. The van der Waals surface area contributed by atoms with Crippen molar-refractivity contribution in [3.05, 3.63) is 35.1 Å². The summed E-state index contributed by atoms with van der Waals surface area (Å²) in [5.41, 5.74) is 1.74. The van der Waals surface area contributed by atoms with Gasteiger partial charge in [0.1, 0.15) is 12.4 Å². The van der Waals surface area contributed by atoms with Crippen LogP contribution in [0.15, 0.2) is 18.2 Å². The number of ether oxygens (including phenoxy) is 1. The number of hydrogen-bond donors (Lipinski definition) is 1. The van der Waals surface area contributed by atoms with Crippen LogP contribution in [-0.4, -0.2) is 26.2 Å². The third-order valence-corrected chi connectivity index (χ3v) is 3.09. The maximum Gasteiger partial charge on any atom is 0.261 e. The molecule has 0 aliphatic heterocycles. The van der Waals surface area contributed by atoms with Crippen LogP contribution in [0.1, 0.15) is 23.6 Å². The van der Waals surface area contributed by atoms with Gasteiger partial charge in [0.05, 0.1) is 6.61 Å². The topological polar surface area (TPSA) is 21.3 Å². The molecule has 1 aliphatic rings. The second kappa shape index (κ2) is 6.20. The van der Waals surface area contributed by atoms with Gasteiger partial charge in [-0.25, -0.2) is 13.2 Å². The van der Waals surface area contributed by atoms with Gasteiger partial charge in [-0.3, -0.25) is 0 Å². The Labute approximate surface area is 104 Å². The lowest BCUT2D eigenvalue weighted by Gasteiger charge is -2.14. The van der Waals surface area contributed by atoms with Crippen LogP contribution in [0.2, 0.25) is 0 Å². The van der Waals surface area contributed by atoms with Gasteiger partial charge in [0.15, 0.2) is 0 Å². The van der Waals surface area contributed by atoms with E-state index in [1.165, 1.54) is 6.07 Å². The summed E-state index contributed by atoms with van der Waals surface area (Å²) in [5, 5.41) is 3.20. The van der Waals surface area contributed by atoms with Crippen molar-refractivity contribution in [1.82, 2.24) is 5.32 Å². The predicted molar refractivity (Wildman–Crippen MR) is 62.3 cm³/mol. The maximum absolute atomic E-state index is 13.5. The minimum Gasteiger partial charge on any atom is -0.374 e. The third-order valence-electron chi connectivity index (χ3n) is 3.09. The van der Waals surface area contributed by atoms with Gasteiger partial charge in [0, 0.05) is 12.6 Å². The highest BCUT2D eigenvalue weighted by Gasteiger charge is 2.23. The molecule has 0 heterocycles. The number of alkyl halides is 2. The fourth-order valence-electron chi connectivity index (χ4n) is 2.30. The van der Waals surface area contributed by atoms with E-state index in [-0.39, 0.29) is 18.5 Å². The second-order valence-corrected chi connectivity index (χ2v) is 4.32. The molecule has 1 aliphatic carbocycles. The van der Waals surface area contributed by atoms with Crippen LogP contribution in [0, 0.1) is 5.82 Å². The highest BCUT2D eigenvalue weighted by molar-refractivity contribution is 5.35. The molecule has 0 saturated heterocycles. The fourth-order valence-corrected chi connectivity index (χ4v) is 2.30. The molecule has 100 valence electrons. The average Bonchev–Trinajstić information content (AvgIpc) is 2.73. The van der Waals surface area contributed by atoms with Crippen molar-refractivity contribution >= 4 is 0 Å². The molecule has 1 unspecified atom stereocenters. The molecule has 0 radical (unpaired) electrons. The summed E-state index contributed by atoms with van der Waals surface area (Å²) >= 11 is 0. The Morgan fingerprint density at radius 1 is 1.39 bits per heavy atom. The maximum atomic E-state index is 13.5. The Kier molecular flexibility index (Phi) is 4.60. The molecule has 2 nitrogen and oxygen atoms in total. The van der Waals surface area contributed by atoms with Gasteiger partial charge in [-0.2, -0.15) is 0 Å². The number of rotatable bonds is 6. The van der Waals surface area contributed by atoms with E-state index < -0.39 is 13.0 Å². The van der Waals surface area contributed by atoms with Gasteiger partial charge in [-0.1, -0.05) is 12.1 Å². The first-order valence-electron chi connectivity index (χ1n) is 6.05. The van der Waals surface area contributed by atoms with Gasteiger partial charge >= 0.3 is 0 Å². The molecule has 0 spiro atoms. The van der Waals surface area contributed by atoms with Gasteiger partial charge in [0.2, 0.25) is 0 Å². The lowest BCUT2D eigenvalue weighted by molar-refractivity contribution is 0.0182. The van der Waals surface area contributed by atoms with Crippen LogP contribution in [0.5, 0.6) is 0 Å². The van der Waals surface area contributed by atoms with Crippen molar-refractivity contribution in [2.24, 2.45) is 0 Å². The van der Waals surface area contributed by atoms with E-state index in [9.17, 15) is 13.2 Å². The zero-order chi connectivity index (χ0) is 13.0. The summed E-state index contributed by atoms with van der Waals surface area (Å²) in [7, 11) is 0. The van der Waals surface area contributed by atoms with Crippen molar-refractivity contribution in [3.8, 4) is 0 Å². The molecule has 0 aromatic heterocycles. The van der Waals surface area contributed by atoms with E-state index in [0.29, 0.717) is 6.54 Å². The largest absolute Gasteiger partial charge is 0.374 e. The number of fused-ring (bicyclic) bond motifs is 1. The van der Waals surface area contributed by atoms with E-state index >= 15 is 0 Å². The monoisotopic (exact) mass is 259 g/mol. The highest BCUT2D eigenvalue weighted by atomic mass is 19.3. The Balaban J connectivity index is 1.78. The molecule has 18 heavy (non-hydrogen) atoms. The van der Waals surface area contributed by atoms with Crippen molar-refractivity contribution in [2.75, 3.05) is 19.8 Å². The van der Waals surface area contributed by atoms with Crippen molar-refractivity contribution in [3.63, 3.8) is 0 Å². The first-order valence-corrected chi connectivity index (χ1v) is 6.05. The van der Waals surface area contributed by atoms with Gasteiger partial charge < -0.3 is 10.1 Å². The number of benzene rings is 1. The molecule has 0 bridgehead atoms. The van der Waals surface area contributed by atoms with E-state index in [4.69, 9.17) is 4.74 Å². The van der Waals surface area contributed by atoms with Crippen LogP contribution >= 0.6 is 0 Å². The van der Waals surface area contributed by atoms with Crippen molar-refractivity contribution in [2.45, 2.75) is 25.3 Å². The quantitative estimate of drug-likeness (QED) is 0.793. The molecule has 1 aromatic carbocycles. The third kappa shape index (κ3) is 3.23. The van der Waals surface area contributed by atoms with E-state index in [1.54, 1.807) is 6.07 Å². The van der Waals surface area contributed by atoms with Crippen molar-refractivity contribution in [1.29, 1.82) is 0 Å². The molecule has 0 saturated carbocycles. The first-order chi connectivity index (χ1) is 8.68. The second-order valence-electron chi connectivity index (χ2n) is 4.32. The minimum absolute atomic E-state index is 0.103. The zero-order valence-corrected chi connectivity index (χ0v) is 9.96. The predicted octanol–water partition coefficient (Wildman–Crippen LogP) is 2.68. The minimum atomic E-state index is -2.42. The van der Waals surface area contributed by atoms with Crippen LogP contribution in [0.4, 0.5) is 13.2 Å². The Hall–Kier alpha value is -1.07. The lowest BCUT2D eigenvalue weighted by Crippen LogP contribution is -2.24. The SMILES string of the molecule is Fc1cccc2c1CCC2NCCOCC(F)F. The van der Waals surface area contributed by atoms with Crippen LogP contribution in [-0.2, 0) is 11.2 Å². The average molecular weight is 259 g/mol. The number of halogens is 3. The van der Waals surface area contributed by atoms with Gasteiger partial charge in [-0.15, -0.1) is 0 Å². The standard InChI is InChI=1S/C13H16F3NO/c14-11-3-1-2-10-9(11)4-5-12(10)17-6-7-18-8-13(15)16/h1-3,12-13,17H,4-8H2. The molecule has 1 atom stereocenters. The van der Waals surface area contributed by atoms with Crippen LogP contribution in [0.25, 0.3) is 0 Å². The lowest BCUT2D eigenvalue weighted by atomic mass is 10.1. The molecule has 1 aromatic rings. The number of nitrogens with one attached hydrogen (secondary N) is 1. The van der Waals surface area contributed by atoms with Gasteiger partial charge in [0.25, 0.3) is 6.43 Å². The molecule has 0 amide bonds.